The number of halogens is 1. The topological polar surface area (TPSA) is 24.4 Å². The van der Waals surface area contributed by atoms with Crippen molar-refractivity contribution in [3.63, 3.8) is 0 Å². The summed E-state index contributed by atoms with van der Waals surface area (Å²) in [6, 6.07) is 16.6. The molecular formula is C18H19ClN2S. The number of rotatable bonds is 4. The highest BCUT2D eigenvalue weighted by Gasteiger charge is 2.16. The number of aliphatic imine (C=N–C) groups is 1. The first-order valence-electron chi connectivity index (χ1n) is 7.47. The molecule has 1 saturated heterocycles. The van der Waals surface area contributed by atoms with Crippen LogP contribution in [0.1, 0.15) is 22.7 Å². The Morgan fingerprint density at radius 2 is 2.09 bits per heavy atom. The zero-order valence-corrected chi connectivity index (χ0v) is 14.1. The fourth-order valence-electron chi connectivity index (χ4n) is 2.58. The fourth-order valence-corrected chi connectivity index (χ4v) is 3.58. The van der Waals surface area contributed by atoms with Crippen molar-refractivity contribution < 1.29 is 0 Å². The van der Waals surface area contributed by atoms with Gasteiger partial charge in [-0.05, 0) is 42.2 Å². The van der Waals surface area contributed by atoms with Gasteiger partial charge in [-0.25, -0.2) is 0 Å². The van der Waals surface area contributed by atoms with Crippen molar-refractivity contribution >= 4 is 28.5 Å². The lowest BCUT2D eigenvalue weighted by Crippen LogP contribution is -2.15. The number of aryl methyl sites for hydroxylation is 1. The lowest BCUT2D eigenvalue weighted by Gasteiger charge is -2.16. The third-order valence-electron chi connectivity index (χ3n) is 3.80. The van der Waals surface area contributed by atoms with Gasteiger partial charge in [0.1, 0.15) is 0 Å². The first-order chi connectivity index (χ1) is 10.7. The average Bonchev–Trinajstić information content (AvgIpc) is 3.02. The molecule has 4 heteroatoms. The van der Waals surface area contributed by atoms with Crippen LogP contribution in [-0.4, -0.2) is 17.5 Å². The van der Waals surface area contributed by atoms with E-state index in [1.807, 2.05) is 18.2 Å². The van der Waals surface area contributed by atoms with Crippen LogP contribution < -0.4 is 5.32 Å². The molecule has 0 radical (unpaired) electrons. The van der Waals surface area contributed by atoms with Gasteiger partial charge in [-0.3, -0.25) is 4.99 Å². The molecule has 2 aromatic carbocycles. The van der Waals surface area contributed by atoms with Crippen LogP contribution in [0.2, 0.25) is 5.02 Å². The number of benzene rings is 2. The maximum atomic E-state index is 6.17. The SMILES string of the molecule is Cc1ccccc1CC(/N=C1/NCCS1)c1cccc(Cl)c1. The zero-order chi connectivity index (χ0) is 15.4. The molecule has 0 aromatic heterocycles. The summed E-state index contributed by atoms with van der Waals surface area (Å²) in [7, 11) is 0. The number of thioether (sulfide) groups is 1. The van der Waals surface area contributed by atoms with Crippen LogP contribution in [0.5, 0.6) is 0 Å². The van der Waals surface area contributed by atoms with Crippen LogP contribution in [0.15, 0.2) is 53.5 Å². The maximum Gasteiger partial charge on any atom is 0.157 e. The van der Waals surface area contributed by atoms with E-state index in [1.54, 1.807) is 11.8 Å². The van der Waals surface area contributed by atoms with Gasteiger partial charge < -0.3 is 5.32 Å². The summed E-state index contributed by atoms with van der Waals surface area (Å²) in [6.45, 7) is 3.15. The predicted molar refractivity (Wildman–Crippen MR) is 97.0 cm³/mol. The van der Waals surface area contributed by atoms with Crippen LogP contribution >= 0.6 is 23.4 Å². The monoisotopic (exact) mass is 330 g/mol. The third-order valence-corrected chi connectivity index (χ3v) is 4.96. The maximum absolute atomic E-state index is 6.17. The molecule has 0 amide bonds. The molecule has 1 unspecified atom stereocenters. The van der Waals surface area contributed by atoms with Gasteiger partial charge in [-0.1, -0.05) is 59.8 Å². The van der Waals surface area contributed by atoms with E-state index in [1.165, 1.54) is 11.1 Å². The molecular weight excluding hydrogens is 312 g/mol. The van der Waals surface area contributed by atoms with Crippen LogP contribution in [0.3, 0.4) is 0 Å². The second-order valence-corrected chi connectivity index (χ2v) is 6.93. The van der Waals surface area contributed by atoms with E-state index >= 15 is 0 Å². The second-order valence-electron chi connectivity index (χ2n) is 5.41. The molecule has 1 atom stereocenters. The molecule has 1 heterocycles. The molecule has 1 fully saturated rings. The van der Waals surface area contributed by atoms with E-state index in [9.17, 15) is 0 Å². The molecule has 0 saturated carbocycles. The summed E-state index contributed by atoms with van der Waals surface area (Å²) < 4.78 is 0. The number of nitrogens with zero attached hydrogens (tertiary/aromatic N) is 1. The molecule has 1 N–H and O–H groups in total. The van der Waals surface area contributed by atoms with Crippen molar-refractivity contribution in [3.8, 4) is 0 Å². The lowest BCUT2D eigenvalue weighted by molar-refractivity contribution is 0.719. The van der Waals surface area contributed by atoms with Gasteiger partial charge in [0, 0.05) is 17.3 Å². The fraction of sp³-hybridized carbons (Fsp3) is 0.278. The highest BCUT2D eigenvalue weighted by Crippen LogP contribution is 2.27. The molecule has 2 nitrogen and oxygen atoms in total. The Bertz CT molecular complexity index is 676. The largest absolute Gasteiger partial charge is 0.364 e. The van der Waals surface area contributed by atoms with Crippen molar-refractivity contribution in [2.45, 2.75) is 19.4 Å². The Morgan fingerprint density at radius 1 is 1.23 bits per heavy atom. The first kappa shape index (κ1) is 15.4. The molecule has 0 bridgehead atoms. The van der Waals surface area contributed by atoms with Crippen LogP contribution in [0.25, 0.3) is 0 Å². The third kappa shape index (κ3) is 3.84. The Kier molecular flexibility index (Phi) is 5.06. The average molecular weight is 331 g/mol. The molecule has 3 rings (SSSR count). The number of amidine groups is 1. The highest BCUT2D eigenvalue weighted by atomic mass is 35.5. The minimum atomic E-state index is 0.0906. The number of hydrogen-bond donors (Lipinski definition) is 1. The summed E-state index contributed by atoms with van der Waals surface area (Å²) in [5.74, 6) is 1.09. The smallest absolute Gasteiger partial charge is 0.157 e. The molecule has 2 aromatic rings. The van der Waals surface area contributed by atoms with E-state index in [0.29, 0.717) is 0 Å². The van der Waals surface area contributed by atoms with E-state index in [0.717, 1.165) is 34.5 Å². The minimum absolute atomic E-state index is 0.0906. The van der Waals surface area contributed by atoms with Gasteiger partial charge >= 0.3 is 0 Å². The highest BCUT2D eigenvalue weighted by molar-refractivity contribution is 8.14. The molecule has 114 valence electrons. The summed E-state index contributed by atoms with van der Waals surface area (Å²) in [4.78, 5) is 4.93. The van der Waals surface area contributed by atoms with Gasteiger partial charge in [-0.15, -0.1) is 0 Å². The lowest BCUT2D eigenvalue weighted by atomic mass is 9.96. The quantitative estimate of drug-likeness (QED) is 0.884. The second kappa shape index (κ2) is 7.21. The molecule has 0 aliphatic carbocycles. The Morgan fingerprint density at radius 3 is 2.82 bits per heavy atom. The summed E-state index contributed by atoms with van der Waals surface area (Å²) in [6.07, 6.45) is 0.888. The summed E-state index contributed by atoms with van der Waals surface area (Å²) in [5, 5.41) is 5.16. The van der Waals surface area contributed by atoms with Gasteiger partial charge in [-0.2, -0.15) is 0 Å². The zero-order valence-electron chi connectivity index (χ0n) is 12.6. The number of nitrogens with one attached hydrogen (secondary N) is 1. The van der Waals surface area contributed by atoms with Crippen molar-refractivity contribution in [2.24, 2.45) is 4.99 Å². The number of hydrogen-bond acceptors (Lipinski definition) is 2. The molecule has 1 aliphatic heterocycles. The van der Waals surface area contributed by atoms with Crippen molar-refractivity contribution in [2.75, 3.05) is 12.3 Å². The Labute approximate surface area is 141 Å². The van der Waals surface area contributed by atoms with Gasteiger partial charge in [0.25, 0.3) is 0 Å². The van der Waals surface area contributed by atoms with Gasteiger partial charge in [0.2, 0.25) is 0 Å². The minimum Gasteiger partial charge on any atom is -0.364 e. The predicted octanol–water partition coefficient (Wildman–Crippen LogP) is 4.62. The molecule has 0 spiro atoms. The van der Waals surface area contributed by atoms with Gasteiger partial charge in [0.05, 0.1) is 6.04 Å². The van der Waals surface area contributed by atoms with Crippen LogP contribution in [-0.2, 0) is 6.42 Å². The van der Waals surface area contributed by atoms with Crippen LogP contribution in [0, 0.1) is 6.92 Å². The first-order valence-corrected chi connectivity index (χ1v) is 8.83. The molecule has 22 heavy (non-hydrogen) atoms. The molecule has 1 aliphatic rings. The van der Waals surface area contributed by atoms with Crippen molar-refractivity contribution in [3.05, 3.63) is 70.2 Å². The summed E-state index contributed by atoms with van der Waals surface area (Å²) >= 11 is 7.96. The van der Waals surface area contributed by atoms with Gasteiger partial charge in [0.15, 0.2) is 5.17 Å². The summed E-state index contributed by atoms with van der Waals surface area (Å²) in [5.41, 5.74) is 3.80. The van der Waals surface area contributed by atoms with Crippen molar-refractivity contribution in [1.82, 2.24) is 5.32 Å². The van der Waals surface area contributed by atoms with Crippen LogP contribution in [0.4, 0.5) is 0 Å². The standard InChI is InChI=1S/C18H19ClN2S/c1-13-5-2-3-6-14(13)12-17(21-18-20-9-10-22-18)15-7-4-8-16(19)11-15/h2-8,11,17H,9-10,12H2,1H3,(H,20,21). The van der Waals surface area contributed by atoms with E-state index in [4.69, 9.17) is 16.6 Å². The Hall–Kier alpha value is -1.45. The van der Waals surface area contributed by atoms with E-state index in [-0.39, 0.29) is 6.04 Å². The van der Waals surface area contributed by atoms with E-state index < -0.39 is 0 Å². The Balaban J connectivity index is 1.92. The normalized spacial score (nSPS) is 17.5. The van der Waals surface area contributed by atoms with E-state index in [2.05, 4.69) is 42.6 Å². The van der Waals surface area contributed by atoms with Crippen molar-refractivity contribution in [1.29, 1.82) is 0 Å².